The summed E-state index contributed by atoms with van der Waals surface area (Å²) in [7, 11) is -4.23. The summed E-state index contributed by atoms with van der Waals surface area (Å²) in [4.78, 5) is 13.5. The molecule has 2 heterocycles. The average molecular weight is 669 g/mol. The molecule has 44 heavy (non-hydrogen) atoms. The number of carbonyl (C=O) groups is 1. The van der Waals surface area contributed by atoms with Crippen molar-refractivity contribution < 1.29 is 40.9 Å². The number of aromatic nitrogens is 2. The third-order valence-corrected chi connectivity index (χ3v) is 9.14. The van der Waals surface area contributed by atoms with Gasteiger partial charge < -0.3 is 25.2 Å². The highest BCUT2D eigenvalue weighted by Crippen LogP contribution is 2.38. The van der Waals surface area contributed by atoms with E-state index in [2.05, 4.69) is 4.74 Å². The summed E-state index contributed by atoms with van der Waals surface area (Å²) in [5.74, 6) is -0.980. The van der Waals surface area contributed by atoms with Crippen molar-refractivity contribution in [1.29, 1.82) is 0 Å². The Morgan fingerprint density at radius 1 is 1.07 bits per heavy atom. The summed E-state index contributed by atoms with van der Waals surface area (Å²) >= 11 is 12.6. The van der Waals surface area contributed by atoms with Crippen LogP contribution in [0.2, 0.25) is 10.0 Å². The summed E-state index contributed by atoms with van der Waals surface area (Å²) in [6.45, 7) is -2.85. The molecule has 2 aromatic heterocycles. The van der Waals surface area contributed by atoms with E-state index in [4.69, 9.17) is 38.4 Å². The maximum atomic E-state index is 13.6. The van der Waals surface area contributed by atoms with Gasteiger partial charge in [-0.2, -0.15) is 13.5 Å². The van der Waals surface area contributed by atoms with Crippen LogP contribution in [0.4, 0.5) is 14.5 Å². The van der Waals surface area contributed by atoms with Gasteiger partial charge in [0.2, 0.25) is 0 Å². The number of halogens is 4. The van der Waals surface area contributed by atoms with Crippen LogP contribution < -0.4 is 19.9 Å². The van der Waals surface area contributed by atoms with Crippen LogP contribution in [0.25, 0.3) is 0 Å². The first-order valence-electron chi connectivity index (χ1n) is 13.2. The van der Waals surface area contributed by atoms with E-state index >= 15 is 0 Å². The molecule has 232 valence electrons. The van der Waals surface area contributed by atoms with Crippen molar-refractivity contribution in [2.45, 2.75) is 36.9 Å². The van der Waals surface area contributed by atoms with Crippen molar-refractivity contribution >= 4 is 44.9 Å². The number of benzene rings is 2. The van der Waals surface area contributed by atoms with Crippen LogP contribution in [0.5, 0.6) is 11.5 Å². The maximum Gasteiger partial charge on any atom is 0.387 e. The minimum Gasteiger partial charge on any atom is -0.619 e. The zero-order valence-electron chi connectivity index (χ0n) is 22.7. The summed E-state index contributed by atoms with van der Waals surface area (Å²) < 4.78 is 70.4. The SMILES string of the molecule is Nc1ccc(S(=O)(=O)n2cccc2C(=O)O[C@@H](Cc2c(Cl)c[n+]([O-])cc2Cl)c2ccc(OC(F)F)c(OCC3CC3)c2)cc1. The lowest BCUT2D eigenvalue weighted by molar-refractivity contribution is -0.605. The molecule has 0 unspecified atom stereocenters. The third-order valence-electron chi connectivity index (χ3n) is 6.78. The van der Waals surface area contributed by atoms with E-state index in [1.54, 1.807) is 0 Å². The normalized spacial score (nSPS) is 13.9. The fraction of sp³-hybridized carbons (Fsp3) is 0.241. The molecular weight excluding hydrogens is 643 g/mol. The number of nitrogen functional groups attached to an aromatic ring is 1. The molecule has 1 fully saturated rings. The number of ether oxygens (including phenoxy) is 3. The molecule has 2 N–H and O–H groups in total. The second-order valence-electron chi connectivity index (χ2n) is 9.99. The number of nitrogens with two attached hydrogens (primary N) is 1. The first-order valence-corrected chi connectivity index (χ1v) is 15.4. The zero-order valence-corrected chi connectivity index (χ0v) is 25.1. The van der Waals surface area contributed by atoms with Gasteiger partial charge in [-0.3, -0.25) is 0 Å². The van der Waals surface area contributed by atoms with E-state index in [-0.39, 0.29) is 62.2 Å². The summed E-state index contributed by atoms with van der Waals surface area (Å²) in [6.07, 6.45) is 3.82. The van der Waals surface area contributed by atoms with Gasteiger partial charge in [0.1, 0.15) is 21.8 Å². The number of nitrogens with zero attached hydrogens (tertiary/aromatic N) is 2. The molecule has 1 atom stereocenters. The molecule has 10 nitrogen and oxygen atoms in total. The molecule has 0 spiro atoms. The molecule has 0 amide bonds. The number of esters is 1. The predicted molar refractivity (Wildman–Crippen MR) is 156 cm³/mol. The fourth-order valence-corrected chi connectivity index (χ4v) is 6.27. The van der Waals surface area contributed by atoms with Crippen molar-refractivity contribution in [1.82, 2.24) is 3.97 Å². The Balaban J connectivity index is 1.52. The molecule has 0 aliphatic heterocycles. The van der Waals surface area contributed by atoms with Gasteiger partial charge in [0.25, 0.3) is 10.0 Å². The minimum absolute atomic E-state index is 0.00675. The standard InChI is InChI=1S/C29H25Cl2F2N3O7S/c30-22-14-35(38)15-23(31)21(22)13-26(18-5-10-25(43-29(32)33)27(12-18)41-16-17-3-4-17)42-28(37)24-2-1-11-36(24)44(39,40)20-8-6-19(34)7-9-20/h1-2,5-12,14-15,17,26,29H,3-4,13,16,34H2/t26-/m0/s1. The molecule has 0 saturated heterocycles. The molecular formula is C29H25Cl2F2N3O7S. The topological polar surface area (TPSA) is 137 Å². The number of carbonyl (C=O) groups excluding carboxylic acids is 1. The lowest BCUT2D eigenvalue weighted by atomic mass is 10.0. The van der Waals surface area contributed by atoms with Crippen molar-refractivity contribution in [2.24, 2.45) is 5.92 Å². The highest BCUT2D eigenvalue weighted by Gasteiger charge is 2.29. The molecule has 1 aliphatic rings. The van der Waals surface area contributed by atoms with Crippen LogP contribution in [0, 0.1) is 11.1 Å². The maximum absolute atomic E-state index is 13.6. The van der Waals surface area contributed by atoms with Crippen LogP contribution in [-0.4, -0.2) is 31.6 Å². The van der Waals surface area contributed by atoms with Crippen molar-refractivity contribution in [3.8, 4) is 11.5 Å². The first kappa shape index (κ1) is 31.4. The first-order chi connectivity index (χ1) is 20.9. The van der Waals surface area contributed by atoms with E-state index in [1.165, 1.54) is 60.8 Å². The molecule has 4 aromatic rings. The number of hydrogen-bond acceptors (Lipinski definition) is 8. The van der Waals surface area contributed by atoms with Gasteiger partial charge in [0, 0.05) is 23.9 Å². The van der Waals surface area contributed by atoms with E-state index in [9.17, 15) is 27.2 Å². The van der Waals surface area contributed by atoms with E-state index in [0.29, 0.717) is 10.4 Å². The second-order valence-corrected chi connectivity index (χ2v) is 12.6. The molecule has 5 rings (SSSR count). The lowest BCUT2D eigenvalue weighted by Crippen LogP contribution is -2.26. The molecule has 1 aliphatic carbocycles. The van der Waals surface area contributed by atoms with Crippen LogP contribution in [-0.2, 0) is 21.2 Å². The fourth-order valence-electron chi connectivity index (χ4n) is 4.34. The van der Waals surface area contributed by atoms with Gasteiger partial charge in [0.15, 0.2) is 23.9 Å². The quantitative estimate of drug-likeness (QED) is 0.0869. The Hall–Kier alpha value is -4.07. The molecule has 1 saturated carbocycles. The van der Waals surface area contributed by atoms with Gasteiger partial charge in [-0.1, -0.05) is 29.3 Å². The highest BCUT2D eigenvalue weighted by molar-refractivity contribution is 7.90. The monoisotopic (exact) mass is 667 g/mol. The Labute approximate surface area is 261 Å². The van der Waals surface area contributed by atoms with Crippen molar-refractivity contribution in [3.63, 3.8) is 0 Å². The average Bonchev–Trinajstić information content (AvgIpc) is 3.65. The van der Waals surface area contributed by atoms with Crippen LogP contribution in [0.3, 0.4) is 0 Å². The smallest absolute Gasteiger partial charge is 0.387 e. The molecule has 0 bridgehead atoms. The molecule has 15 heteroatoms. The largest absolute Gasteiger partial charge is 0.619 e. The Morgan fingerprint density at radius 2 is 1.75 bits per heavy atom. The number of hydrogen-bond donors (Lipinski definition) is 1. The Morgan fingerprint density at radius 3 is 2.39 bits per heavy atom. The van der Waals surface area contributed by atoms with E-state index < -0.39 is 28.7 Å². The zero-order chi connectivity index (χ0) is 31.6. The van der Waals surface area contributed by atoms with Gasteiger partial charge >= 0.3 is 12.6 Å². The number of rotatable bonds is 12. The number of alkyl halides is 2. The minimum atomic E-state index is -4.23. The van der Waals surface area contributed by atoms with Gasteiger partial charge in [0.05, 0.1) is 11.5 Å². The van der Waals surface area contributed by atoms with Gasteiger partial charge in [-0.25, -0.2) is 17.2 Å². The summed E-state index contributed by atoms with van der Waals surface area (Å²) in [5.41, 5.74) is 6.23. The van der Waals surface area contributed by atoms with Crippen molar-refractivity contribution in [2.75, 3.05) is 12.3 Å². The van der Waals surface area contributed by atoms with E-state index in [1.807, 2.05) is 0 Å². The number of anilines is 1. The second kappa shape index (κ2) is 12.9. The third kappa shape index (κ3) is 7.17. The lowest BCUT2D eigenvalue weighted by Gasteiger charge is -2.22. The molecule has 0 radical (unpaired) electrons. The number of pyridine rings is 1. The van der Waals surface area contributed by atoms with Gasteiger partial charge in [-0.15, -0.1) is 0 Å². The van der Waals surface area contributed by atoms with E-state index in [0.717, 1.165) is 29.2 Å². The van der Waals surface area contributed by atoms with Crippen molar-refractivity contribution in [3.05, 3.63) is 105 Å². The Bertz CT molecular complexity index is 1760. The van der Waals surface area contributed by atoms with Crippen LogP contribution in [0.15, 0.2) is 78.1 Å². The summed E-state index contributed by atoms with van der Waals surface area (Å²) in [6, 6.07) is 12.1. The summed E-state index contributed by atoms with van der Waals surface area (Å²) in [5, 5.41) is 11.8. The van der Waals surface area contributed by atoms with Crippen LogP contribution >= 0.6 is 23.2 Å². The molecule has 2 aromatic carbocycles. The highest BCUT2D eigenvalue weighted by atomic mass is 35.5. The van der Waals surface area contributed by atoms with Gasteiger partial charge in [-0.05, 0) is 72.9 Å². The Kier molecular flexibility index (Phi) is 9.18. The predicted octanol–water partition coefficient (Wildman–Crippen LogP) is 5.78. The van der Waals surface area contributed by atoms with Crippen LogP contribution in [0.1, 0.15) is 40.6 Å².